The van der Waals surface area contributed by atoms with Gasteiger partial charge in [-0.2, -0.15) is 17.7 Å². The molecule has 0 atom stereocenters. The summed E-state index contributed by atoms with van der Waals surface area (Å²) in [5.74, 6) is 0.225. The maximum atomic E-state index is 13.1. The van der Waals surface area contributed by atoms with Crippen molar-refractivity contribution in [3.05, 3.63) is 41.7 Å². The number of hydrogen-bond donors (Lipinski definition) is 1. The zero-order valence-electron chi connectivity index (χ0n) is 18.8. The number of methoxy groups -OCH3 is 1. The monoisotopic (exact) mass is 478 g/mol. The van der Waals surface area contributed by atoms with Crippen molar-refractivity contribution in [1.29, 1.82) is 0 Å². The number of carbonyl (C=O) groups is 1. The van der Waals surface area contributed by atoms with E-state index in [0.29, 0.717) is 60.9 Å². The average Bonchev–Trinajstić information content (AvgIpc) is 3.27. The van der Waals surface area contributed by atoms with Gasteiger partial charge < -0.3 is 19.7 Å². The number of carbonyl (C=O) groups excluding carboxylic acids is 1. The molecule has 34 heavy (non-hydrogen) atoms. The lowest BCUT2D eigenvalue weighted by Crippen LogP contribution is -2.40. The van der Waals surface area contributed by atoms with Crippen molar-refractivity contribution in [2.45, 2.75) is 32.5 Å². The smallest absolute Gasteiger partial charge is 0.453 e. The van der Waals surface area contributed by atoms with Crippen LogP contribution in [0.15, 0.2) is 30.3 Å². The molecule has 0 bridgehead atoms. The third-order valence-electron chi connectivity index (χ3n) is 5.69. The number of fused-ring (bicyclic) bond motifs is 1. The number of halogens is 3. The lowest BCUT2D eigenvalue weighted by atomic mass is 9.96. The highest BCUT2D eigenvalue weighted by Crippen LogP contribution is 2.30. The van der Waals surface area contributed by atoms with Crippen LogP contribution in [0.2, 0.25) is 0 Å². The van der Waals surface area contributed by atoms with Crippen molar-refractivity contribution < 1.29 is 27.4 Å². The number of amides is 1. The SMILES string of the molecule is CCOc1ccc(CNC(=O)C2CCN(c3ccc4nnc(C(F)(F)F)n4n3)CC2)cc1OC. The number of nitrogens with zero attached hydrogens (tertiary/aromatic N) is 5. The molecule has 1 amide bonds. The molecule has 0 unspecified atom stereocenters. The number of nitrogens with one attached hydrogen (secondary N) is 1. The minimum Gasteiger partial charge on any atom is -0.493 e. The van der Waals surface area contributed by atoms with Gasteiger partial charge in [0.15, 0.2) is 17.1 Å². The Morgan fingerprint density at radius 1 is 1.15 bits per heavy atom. The highest BCUT2D eigenvalue weighted by Gasteiger charge is 2.38. The molecule has 1 aliphatic heterocycles. The quantitative estimate of drug-likeness (QED) is 0.558. The topological polar surface area (TPSA) is 93.9 Å². The van der Waals surface area contributed by atoms with Crippen LogP contribution in [0.5, 0.6) is 11.5 Å². The van der Waals surface area contributed by atoms with E-state index in [1.807, 2.05) is 30.0 Å². The van der Waals surface area contributed by atoms with Crippen molar-refractivity contribution >= 4 is 17.4 Å². The summed E-state index contributed by atoms with van der Waals surface area (Å²) in [5.41, 5.74) is 0.911. The zero-order chi connectivity index (χ0) is 24.3. The van der Waals surface area contributed by atoms with E-state index < -0.39 is 12.0 Å². The zero-order valence-corrected chi connectivity index (χ0v) is 18.8. The van der Waals surface area contributed by atoms with Gasteiger partial charge in [-0.05, 0) is 49.6 Å². The number of anilines is 1. The van der Waals surface area contributed by atoms with Gasteiger partial charge in [-0.15, -0.1) is 15.3 Å². The first-order valence-corrected chi connectivity index (χ1v) is 10.9. The number of rotatable bonds is 7. The molecule has 3 heterocycles. The van der Waals surface area contributed by atoms with Crippen molar-refractivity contribution in [2.75, 3.05) is 31.7 Å². The predicted molar refractivity (Wildman–Crippen MR) is 117 cm³/mol. The van der Waals surface area contributed by atoms with Crippen molar-refractivity contribution in [1.82, 2.24) is 25.1 Å². The van der Waals surface area contributed by atoms with E-state index in [1.54, 1.807) is 13.2 Å². The third kappa shape index (κ3) is 5.00. The molecule has 12 heteroatoms. The summed E-state index contributed by atoms with van der Waals surface area (Å²) < 4.78 is 50.9. The molecule has 1 N–H and O–H groups in total. The minimum atomic E-state index is -4.65. The molecule has 1 fully saturated rings. The van der Waals surface area contributed by atoms with Crippen LogP contribution < -0.4 is 19.7 Å². The molecule has 182 valence electrons. The molecular formula is C22H25F3N6O3. The standard InChI is InChI=1S/C22H25F3N6O3/c1-3-34-16-5-4-14(12-17(16)33-2)13-26-20(32)15-8-10-30(11-9-15)19-7-6-18-27-28-21(22(23,24)25)31(18)29-19/h4-7,12,15H,3,8-11,13H2,1-2H3,(H,26,32). The van der Waals surface area contributed by atoms with E-state index >= 15 is 0 Å². The second-order valence-corrected chi connectivity index (χ2v) is 7.88. The molecule has 2 aromatic heterocycles. The number of aromatic nitrogens is 4. The van der Waals surface area contributed by atoms with Crippen LogP contribution in [-0.4, -0.2) is 52.5 Å². The Morgan fingerprint density at radius 3 is 2.59 bits per heavy atom. The number of benzene rings is 1. The van der Waals surface area contributed by atoms with Gasteiger partial charge in [0.25, 0.3) is 5.82 Å². The fourth-order valence-electron chi connectivity index (χ4n) is 3.93. The maximum Gasteiger partial charge on any atom is 0.453 e. The maximum absolute atomic E-state index is 13.1. The summed E-state index contributed by atoms with van der Waals surface area (Å²) >= 11 is 0. The Hall–Kier alpha value is -3.57. The Balaban J connectivity index is 1.34. The molecule has 0 spiro atoms. The molecule has 9 nitrogen and oxygen atoms in total. The van der Waals surface area contributed by atoms with Crippen LogP contribution in [-0.2, 0) is 17.5 Å². The first-order valence-electron chi connectivity index (χ1n) is 10.9. The van der Waals surface area contributed by atoms with Crippen LogP contribution in [0.4, 0.5) is 19.0 Å². The summed E-state index contributed by atoms with van der Waals surface area (Å²) in [6, 6.07) is 8.58. The van der Waals surface area contributed by atoms with Crippen LogP contribution in [0.3, 0.4) is 0 Å². The summed E-state index contributed by atoms with van der Waals surface area (Å²) in [7, 11) is 1.56. The van der Waals surface area contributed by atoms with Gasteiger partial charge in [-0.3, -0.25) is 4.79 Å². The largest absolute Gasteiger partial charge is 0.493 e. The molecule has 0 saturated carbocycles. The molecule has 0 aliphatic carbocycles. The normalized spacial score (nSPS) is 14.9. The van der Waals surface area contributed by atoms with Crippen LogP contribution in [0.1, 0.15) is 31.2 Å². The van der Waals surface area contributed by atoms with E-state index in [-0.39, 0.29) is 17.5 Å². The highest BCUT2D eigenvalue weighted by molar-refractivity contribution is 5.79. The molecule has 0 radical (unpaired) electrons. The molecule has 4 rings (SSSR count). The number of ether oxygens (including phenoxy) is 2. The fourth-order valence-corrected chi connectivity index (χ4v) is 3.93. The van der Waals surface area contributed by atoms with Gasteiger partial charge >= 0.3 is 6.18 Å². The van der Waals surface area contributed by atoms with Gasteiger partial charge in [0.1, 0.15) is 5.82 Å². The van der Waals surface area contributed by atoms with Crippen molar-refractivity contribution in [3.63, 3.8) is 0 Å². The lowest BCUT2D eigenvalue weighted by Gasteiger charge is -2.32. The number of alkyl halides is 3. The van der Waals surface area contributed by atoms with Gasteiger partial charge in [0.2, 0.25) is 5.91 Å². The molecule has 1 aliphatic rings. The highest BCUT2D eigenvalue weighted by atomic mass is 19.4. The van der Waals surface area contributed by atoms with E-state index in [0.717, 1.165) is 5.56 Å². The van der Waals surface area contributed by atoms with E-state index in [4.69, 9.17) is 9.47 Å². The molecule has 1 saturated heterocycles. The van der Waals surface area contributed by atoms with Gasteiger partial charge in [-0.25, -0.2) is 0 Å². The first kappa shape index (κ1) is 23.6. The Kier molecular flexibility index (Phi) is 6.75. The summed E-state index contributed by atoms with van der Waals surface area (Å²) in [5, 5.41) is 13.8. The Labute approximate surface area is 193 Å². The van der Waals surface area contributed by atoms with Gasteiger partial charge in [0, 0.05) is 25.6 Å². The minimum absolute atomic E-state index is 0.0243. The molecule has 1 aromatic carbocycles. The van der Waals surface area contributed by atoms with Crippen LogP contribution >= 0.6 is 0 Å². The summed E-state index contributed by atoms with van der Waals surface area (Å²) in [6.07, 6.45) is -3.53. The Morgan fingerprint density at radius 2 is 1.91 bits per heavy atom. The average molecular weight is 478 g/mol. The molecular weight excluding hydrogens is 453 g/mol. The molecule has 3 aromatic rings. The van der Waals surface area contributed by atoms with E-state index in [1.165, 1.54) is 6.07 Å². The van der Waals surface area contributed by atoms with Crippen molar-refractivity contribution in [2.24, 2.45) is 5.92 Å². The predicted octanol–water partition coefficient (Wildman–Crippen LogP) is 3.08. The van der Waals surface area contributed by atoms with Gasteiger partial charge in [-0.1, -0.05) is 6.07 Å². The summed E-state index contributed by atoms with van der Waals surface area (Å²) in [6.45, 7) is 3.76. The van der Waals surface area contributed by atoms with E-state index in [2.05, 4.69) is 20.6 Å². The van der Waals surface area contributed by atoms with Crippen LogP contribution in [0, 0.1) is 5.92 Å². The fraction of sp³-hybridized carbons (Fsp3) is 0.455. The second kappa shape index (κ2) is 9.74. The second-order valence-electron chi connectivity index (χ2n) is 7.88. The van der Waals surface area contributed by atoms with Crippen LogP contribution in [0.25, 0.3) is 5.65 Å². The first-order chi connectivity index (χ1) is 16.3. The lowest BCUT2D eigenvalue weighted by molar-refractivity contribution is -0.146. The van der Waals surface area contributed by atoms with Crippen molar-refractivity contribution in [3.8, 4) is 11.5 Å². The van der Waals surface area contributed by atoms with Gasteiger partial charge in [0.05, 0.1) is 13.7 Å². The Bertz CT molecular complexity index is 1160. The number of piperidine rings is 1. The van der Waals surface area contributed by atoms with E-state index in [9.17, 15) is 18.0 Å². The number of hydrogen-bond acceptors (Lipinski definition) is 7. The summed E-state index contributed by atoms with van der Waals surface area (Å²) in [4.78, 5) is 14.5. The third-order valence-corrected chi connectivity index (χ3v) is 5.69.